The Kier molecular flexibility index (Phi) is 6.63. The zero-order chi connectivity index (χ0) is 18.9. The first-order valence-corrected chi connectivity index (χ1v) is 9.85. The fourth-order valence-electron chi connectivity index (χ4n) is 3.31. The molecule has 0 saturated carbocycles. The fourth-order valence-corrected chi connectivity index (χ4v) is 4.30. The highest BCUT2D eigenvalue weighted by atomic mass is 35.5. The van der Waals surface area contributed by atoms with Crippen LogP contribution in [0.1, 0.15) is 17.0 Å². The van der Waals surface area contributed by atoms with Gasteiger partial charge in [0.15, 0.2) is 0 Å². The lowest BCUT2D eigenvalue weighted by Gasteiger charge is -2.18. The van der Waals surface area contributed by atoms with Crippen LogP contribution >= 0.6 is 12.4 Å². The van der Waals surface area contributed by atoms with Gasteiger partial charge in [0.2, 0.25) is 15.9 Å². The predicted octanol–water partition coefficient (Wildman–Crippen LogP) is 1.00. The van der Waals surface area contributed by atoms with Crippen molar-refractivity contribution in [2.24, 2.45) is 13.0 Å². The molecule has 3 rings (SSSR count). The lowest BCUT2D eigenvalue weighted by Crippen LogP contribution is -2.28. The molecule has 148 valence electrons. The number of aryl methyl sites for hydroxylation is 1. The summed E-state index contributed by atoms with van der Waals surface area (Å²) in [4.78, 5) is 13.0. The second-order valence-corrected chi connectivity index (χ2v) is 8.30. The first-order chi connectivity index (χ1) is 12.3. The van der Waals surface area contributed by atoms with Crippen LogP contribution in [0.4, 0.5) is 5.69 Å². The summed E-state index contributed by atoms with van der Waals surface area (Å²) in [5, 5.41) is 10.3. The van der Waals surface area contributed by atoms with Gasteiger partial charge in [-0.25, -0.2) is 13.1 Å². The number of hydrogen-bond donors (Lipinski definition) is 3. The number of aromatic nitrogens is 2. The number of benzene rings is 1. The Labute approximate surface area is 165 Å². The molecule has 27 heavy (non-hydrogen) atoms. The zero-order valence-electron chi connectivity index (χ0n) is 15.4. The van der Waals surface area contributed by atoms with Gasteiger partial charge in [0.05, 0.1) is 17.0 Å². The van der Waals surface area contributed by atoms with Gasteiger partial charge in [0.1, 0.15) is 0 Å². The van der Waals surface area contributed by atoms with E-state index in [1.54, 1.807) is 29.9 Å². The minimum atomic E-state index is -3.58. The number of nitrogens with one attached hydrogen (secondary N) is 3. The minimum Gasteiger partial charge on any atom is -0.326 e. The summed E-state index contributed by atoms with van der Waals surface area (Å²) in [6, 6.07) is 4.86. The van der Waals surface area contributed by atoms with Crippen LogP contribution in [0.3, 0.4) is 0 Å². The van der Waals surface area contributed by atoms with Crippen LogP contribution in [0.5, 0.6) is 0 Å². The van der Waals surface area contributed by atoms with Gasteiger partial charge < -0.3 is 10.6 Å². The summed E-state index contributed by atoms with van der Waals surface area (Å²) >= 11 is 0. The molecular weight excluding hydrogens is 390 g/mol. The topological polar surface area (TPSA) is 105 Å². The van der Waals surface area contributed by atoms with Gasteiger partial charge in [-0.2, -0.15) is 5.10 Å². The van der Waals surface area contributed by atoms with Gasteiger partial charge in [-0.15, -0.1) is 12.4 Å². The van der Waals surface area contributed by atoms with Crippen LogP contribution in [-0.4, -0.2) is 44.2 Å². The minimum absolute atomic E-state index is 0. The Bertz CT molecular complexity index is 928. The van der Waals surface area contributed by atoms with Gasteiger partial charge in [0, 0.05) is 37.9 Å². The molecule has 0 unspecified atom stereocenters. The maximum atomic E-state index is 12.8. The molecule has 0 spiro atoms. The molecule has 1 aromatic heterocycles. The molecule has 2 heterocycles. The van der Waals surface area contributed by atoms with Crippen molar-refractivity contribution in [3.63, 3.8) is 0 Å². The number of amides is 1. The molecule has 10 heteroatoms. The fraction of sp³-hybridized carbons (Fsp3) is 0.412. The largest absolute Gasteiger partial charge is 0.326 e. The van der Waals surface area contributed by atoms with E-state index in [2.05, 4.69) is 20.5 Å². The van der Waals surface area contributed by atoms with Crippen LogP contribution in [-0.2, 0) is 21.9 Å². The first kappa shape index (κ1) is 21.4. The first-order valence-electron chi connectivity index (χ1n) is 8.36. The van der Waals surface area contributed by atoms with Crippen LogP contribution < -0.4 is 15.4 Å². The van der Waals surface area contributed by atoms with E-state index in [0.29, 0.717) is 24.3 Å². The highest BCUT2D eigenvalue weighted by molar-refractivity contribution is 7.89. The van der Waals surface area contributed by atoms with Crippen molar-refractivity contribution in [3.8, 4) is 0 Å². The van der Waals surface area contributed by atoms with E-state index in [1.165, 1.54) is 13.1 Å². The average Bonchev–Trinajstić information content (AvgIpc) is 3.25. The third-order valence-electron chi connectivity index (χ3n) is 4.80. The zero-order valence-corrected chi connectivity index (χ0v) is 17.0. The molecule has 1 fully saturated rings. The summed E-state index contributed by atoms with van der Waals surface area (Å²) in [5.74, 6) is -0.345. The lowest BCUT2D eigenvalue weighted by molar-refractivity contribution is -0.119. The Morgan fingerprint density at radius 3 is 2.70 bits per heavy atom. The second kappa shape index (κ2) is 8.39. The smallest absolute Gasteiger partial charge is 0.240 e. The molecule has 1 aromatic carbocycles. The predicted molar refractivity (Wildman–Crippen MR) is 106 cm³/mol. The normalized spacial score (nSPS) is 19.5. The van der Waals surface area contributed by atoms with Crippen molar-refractivity contribution in [2.75, 3.05) is 25.5 Å². The van der Waals surface area contributed by atoms with Crippen LogP contribution in [0, 0.1) is 12.8 Å². The maximum Gasteiger partial charge on any atom is 0.240 e. The summed E-state index contributed by atoms with van der Waals surface area (Å²) in [7, 11) is -0.373. The maximum absolute atomic E-state index is 12.8. The van der Waals surface area contributed by atoms with Crippen molar-refractivity contribution >= 4 is 34.0 Å². The monoisotopic (exact) mass is 413 g/mol. The van der Waals surface area contributed by atoms with Gasteiger partial charge in [-0.3, -0.25) is 9.48 Å². The van der Waals surface area contributed by atoms with Crippen LogP contribution in [0.2, 0.25) is 0 Å². The quantitative estimate of drug-likeness (QED) is 0.678. The summed E-state index contributed by atoms with van der Waals surface area (Å²) in [6.45, 7) is 2.96. The summed E-state index contributed by atoms with van der Waals surface area (Å²) < 4.78 is 28.3. The highest BCUT2D eigenvalue weighted by Crippen LogP contribution is 2.30. The van der Waals surface area contributed by atoms with Crippen molar-refractivity contribution in [2.45, 2.75) is 17.7 Å². The van der Waals surface area contributed by atoms with Crippen LogP contribution in [0.25, 0.3) is 0 Å². The van der Waals surface area contributed by atoms with E-state index in [-0.39, 0.29) is 35.0 Å². The third kappa shape index (κ3) is 4.32. The molecule has 0 bridgehead atoms. The van der Waals surface area contributed by atoms with Gasteiger partial charge in [-0.1, -0.05) is 6.07 Å². The number of halogens is 1. The van der Waals surface area contributed by atoms with E-state index in [9.17, 15) is 13.2 Å². The number of hydrogen-bond acceptors (Lipinski definition) is 5. The number of carbonyl (C=O) groups is 1. The molecule has 1 aliphatic heterocycles. The van der Waals surface area contributed by atoms with Gasteiger partial charge in [-0.05, 0) is 37.2 Å². The molecular formula is C17H24ClN5O3S. The number of sulfonamides is 1. The molecule has 3 N–H and O–H groups in total. The Hall–Kier alpha value is -1.94. The van der Waals surface area contributed by atoms with E-state index in [1.807, 2.05) is 13.2 Å². The summed E-state index contributed by atoms with van der Waals surface area (Å²) in [6.07, 6.45) is 3.70. The molecule has 2 atom stereocenters. The number of nitrogens with zero attached hydrogens (tertiary/aromatic N) is 2. The number of carbonyl (C=O) groups excluding carboxylic acids is 1. The van der Waals surface area contributed by atoms with E-state index >= 15 is 0 Å². The third-order valence-corrected chi connectivity index (χ3v) is 6.36. The van der Waals surface area contributed by atoms with Crippen molar-refractivity contribution in [3.05, 3.63) is 41.7 Å². The standard InChI is InChI=1S/C17H23N5O3S.ClH/c1-11-15(5-4-6-16(11)26(24,25)18-2)21-17(23)14-9-19-8-13(14)12-7-20-22(3)10-12;/h4-7,10,13-14,18-19H,8-9H2,1-3H3,(H,21,23);1H/t13-,14+;/m1./s1. The molecule has 8 nitrogen and oxygen atoms in total. The van der Waals surface area contributed by atoms with E-state index in [0.717, 1.165) is 5.56 Å². The second-order valence-electron chi connectivity index (χ2n) is 6.44. The molecule has 1 aliphatic rings. The van der Waals surface area contributed by atoms with Crippen LogP contribution in [0.15, 0.2) is 35.5 Å². The van der Waals surface area contributed by atoms with Crippen molar-refractivity contribution in [1.29, 1.82) is 0 Å². The van der Waals surface area contributed by atoms with Gasteiger partial charge in [0.25, 0.3) is 0 Å². The molecule has 2 aromatic rings. The molecule has 0 radical (unpaired) electrons. The van der Waals surface area contributed by atoms with Crippen molar-refractivity contribution < 1.29 is 13.2 Å². The Morgan fingerprint density at radius 2 is 2.07 bits per heavy atom. The highest BCUT2D eigenvalue weighted by Gasteiger charge is 2.35. The lowest BCUT2D eigenvalue weighted by atomic mass is 9.90. The summed E-state index contributed by atoms with van der Waals surface area (Å²) in [5.41, 5.74) is 2.03. The number of rotatable bonds is 5. The number of anilines is 1. The molecule has 1 saturated heterocycles. The average molecular weight is 414 g/mol. The van der Waals surface area contributed by atoms with Gasteiger partial charge >= 0.3 is 0 Å². The molecule has 1 amide bonds. The Balaban J connectivity index is 0.00000261. The van der Waals surface area contributed by atoms with Crippen molar-refractivity contribution in [1.82, 2.24) is 19.8 Å². The Morgan fingerprint density at radius 1 is 1.33 bits per heavy atom. The van der Waals surface area contributed by atoms with E-state index in [4.69, 9.17) is 0 Å². The molecule has 0 aliphatic carbocycles. The van der Waals surface area contributed by atoms with E-state index < -0.39 is 10.0 Å². The SMILES string of the molecule is CNS(=O)(=O)c1cccc(NC(=O)[C@H]2CNC[C@@H]2c2cnn(C)c2)c1C.Cl.